The second-order valence-corrected chi connectivity index (χ2v) is 4.03. The van der Waals surface area contributed by atoms with Gasteiger partial charge in [0.15, 0.2) is 5.78 Å². The van der Waals surface area contributed by atoms with Crippen LogP contribution in [0.25, 0.3) is 16.6 Å². The number of rotatable bonds is 1. The van der Waals surface area contributed by atoms with E-state index in [-0.39, 0.29) is 23.0 Å². The van der Waals surface area contributed by atoms with E-state index < -0.39 is 0 Å². The molecule has 1 heterocycles. The average molecular weight is 239 g/mol. The second kappa shape index (κ2) is 3.70. The van der Waals surface area contributed by atoms with Gasteiger partial charge in [-0.1, -0.05) is 12.1 Å². The van der Waals surface area contributed by atoms with Gasteiger partial charge >= 0.3 is 0 Å². The predicted octanol–water partition coefficient (Wildman–Crippen LogP) is 1.90. The Morgan fingerprint density at radius 2 is 1.83 bits per heavy atom. The Bertz CT molecular complexity index is 735. The highest BCUT2D eigenvalue weighted by atomic mass is 16.3. The van der Waals surface area contributed by atoms with Crippen molar-refractivity contribution < 1.29 is 14.7 Å². The smallest absolute Gasteiger partial charge is 0.202 e. The van der Waals surface area contributed by atoms with Crippen LogP contribution in [0.15, 0.2) is 48.7 Å². The highest BCUT2D eigenvalue weighted by molar-refractivity contribution is 6.30. The summed E-state index contributed by atoms with van der Waals surface area (Å²) in [6.07, 6.45) is 5.19. The summed E-state index contributed by atoms with van der Waals surface area (Å²) >= 11 is 0. The fourth-order valence-corrected chi connectivity index (χ4v) is 2.05. The van der Waals surface area contributed by atoms with Gasteiger partial charge in [0.1, 0.15) is 5.75 Å². The van der Waals surface area contributed by atoms with Crippen molar-refractivity contribution in [3.63, 3.8) is 0 Å². The zero-order valence-corrected chi connectivity index (χ0v) is 9.33. The van der Waals surface area contributed by atoms with Crippen LogP contribution in [0.5, 0.6) is 5.75 Å². The van der Waals surface area contributed by atoms with Crippen LogP contribution >= 0.6 is 0 Å². The number of hydrogen-bond acceptors (Lipinski definition) is 3. The standard InChI is InChI=1S/C14H9NO3/c16-9-5-6-13(17)12(7-9)15-8-14(18)10-3-1-2-4-11(10)15/h1-8,18H. The van der Waals surface area contributed by atoms with E-state index in [1.54, 1.807) is 18.2 Å². The molecule has 0 atom stereocenters. The van der Waals surface area contributed by atoms with Gasteiger partial charge in [0.25, 0.3) is 0 Å². The Hall–Kier alpha value is -2.62. The van der Waals surface area contributed by atoms with Crippen LogP contribution in [-0.2, 0) is 9.59 Å². The van der Waals surface area contributed by atoms with E-state index in [9.17, 15) is 14.7 Å². The average Bonchev–Trinajstić information content (AvgIpc) is 2.71. The summed E-state index contributed by atoms with van der Waals surface area (Å²) < 4.78 is 1.54. The van der Waals surface area contributed by atoms with Crippen LogP contribution in [0.4, 0.5) is 0 Å². The van der Waals surface area contributed by atoms with Crippen molar-refractivity contribution in [1.82, 2.24) is 4.57 Å². The molecule has 0 fully saturated rings. The molecular formula is C14H9NO3. The lowest BCUT2D eigenvalue weighted by molar-refractivity contribution is -0.113. The van der Waals surface area contributed by atoms with Gasteiger partial charge in [-0.15, -0.1) is 0 Å². The SMILES string of the molecule is O=C1C=CC(=O)C(n2cc(O)c3ccccc32)=C1. The van der Waals surface area contributed by atoms with E-state index in [0.29, 0.717) is 10.9 Å². The van der Waals surface area contributed by atoms with Crippen molar-refractivity contribution in [1.29, 1.82) is 0 Å². The van der Waals surface area contributed by atoms with Crippen molar-refractivity contribution in [2.24, 2.45) is 0 Å². The molecule has 3 rings (SSSR count). The maximum Gasteiger partial charge on any atom is 0.202 e. The molecule has 1 N–H and O–H groups in total. The molecule has 1 aliphatic rings. The number of benzene rings is 1. The Kier molecular flexibility index (Phi) is 2.16. The highest BCUT2D eigenvalue weighted by Gasteiger charge is 2.18. The van der Waals surface area contributed by atoms with Crippen molar-refractivity contribution in [2.45, 2.75) is 0 Å². The number of fused-ring (bicyclic) bond motifs is 1. The molecule has 1 aliphatic carbocycles. The van der Waals surface area contributed by atoms with Gasteiger partial charge in [0.2, 0.25) is 5.78 Å². The third kappa shape index (κ3) is 1.47. The fraction of sp³-hybridized carbons (Fsp3) is 0. The Morgan fingerprint density at radius 1 is 1.06 bits per heavy atom. The largest absolute Gasteiger partial charge is 0.506 e. The first-order chi connectivity index (χ1) is 8.66. The number of nitrogens with zero attached hydrogens (tertiary/aromatic N) is 1. The fourth-order valence-electron chi connectivity index (χ4n) is 2.05. The van der Waals surface area contributed by atoms with E-state index >= 15 is 0 Å². The van der Waals surface area contributed by atoms with E-state index in [0.717, 1.165) is 0 Å². The molecule has 1 aromatic carbocycles. The molecular weight excluding hydrogens is 230 g/mol. The minimum atomic E-state index is -0.254. The molecule has 0 aliphatic heterocycles. The molecule has 0 spiro atoms. The second-order valence-electron chi connectivity index (χ2n) is 4.03. The topological polar surface area (TPSA) is 59.3 Å². The minimum absolute atomic E-state index is 0.0845. The van der Waals surface area contributed by atoms with Gasteiger partial charge in [0.05, 0.1) is 17.4 Å². The predicted molar refractivity (Wildman–Crippen MR) is 67.0 cm³/mol. The van der Waals surface area contributed by atoms with E-state index in [2.05, 4.69) is 0 Å². The molecule has 0 saturated carbocycles. The summed E-state index contributed by atoms with van der Waals surface area (Å²) in [6, 6.07) is 7.15. The van der Waals surface area contributed by atoms with Crippen molar-refractivity contribution in [2.75, 3.05) is 0 Å². The van der Waals surface area contributed by atoms with Gasteiger partial charge in [-0.2, -0.15) is 0 Å². The molecule has 4 nitrogen and oxygen atoms in total. The zero-order chi connectivity index (χ0) is 12.7. The lowest BCUT2D eigenvalue weighted by Crippen LogP contribution is -2.11. The summed E-state index contributed by atoms with van der Waals surface area (Å²) in [4.78, 5) is 23.1. The maximum absolute atomic E-state index is 11.8. The number of carbonyl (C=O) groups is 2. The van der Waals surface area contributed by atoms with Crippen LogP contribution in [0, 0.1) is 0 Å². The minimum Gasteiger partial charge on any atom is -0.506 e. The lowest BCUT2D eigenvalue weighted by atomic mass is 10.1. The zero-order valence-electron chi connectivity index (χ0n) is 9.33. The molecule has 88 valence electrons. The summed E-state index contributed by atoms with van der Waals surface area (Å²) in [5, 5.41) is 10.5. The third-order valence-corrected chi connectivity index (χ3v) is 2.88. The molecule has 0 saturated heterocycles. The monoisotopic (exact) mass is 239 g/mol. The van der Waals surface area contributed by atoms with E-state index in [1.165, 1.54) is 29.0 Å². The van der Waals surface area contributed by atoms with Crippen LogP contribution in [-0.4, -0.2) is 21.2 Å². The molecule has 1 aromatic heterocycles. The van der Waals surface area contributed by atoms with Crippen molar-refractivity contribution in [3.8, 4) is 5.75 Å². The van der Waals surface area contributed by atoms with Crippen LogP contribution in [0.2, 0.25) is 0 Å². The summed E-state index contributed by atoms with van der Waals surface area (Å²) in [6.45, 7) is 0. The summed E-state index contributed by atoms with van der Waals surface area (Å²) in [5.74, 6) is -0.404. The first-order valence-electron chi connectivity index (χ1n) is 5.44. The Balaban J connectivity index is 2.27. The van der Waals surface area contributed by atoms with Gasteiger partial charge in [-0.25, -0.2) is 0 Å². The van der Waals surface area contributed by atoms with Crippen molar-refractivity contribution in [3.05, 3.63) is 48.7 Å². The number of aromatic nitrogens is 1. The molecule has 0 amide bonds. The number of hydrogen-bond donors (Lipinski definition) is 1. The van der Waals surface area contributed by atoms with Crippen molar-refractivity contribution >= 4 is 28.2 Å². The molecule has 0 unspecified atom stereocenters. The van der Waals surface area contributed by atoms with Crippen LogP contribution in [0.1, 0.15) is 0 Å². The van der Waals surface area contributed by atoms with Crippen LogP contribution < -0.4 is 0 Å². The molecule has 4 heteroatoms. The number of aromatic hydroxyl groups is 1. The normalized spacial score (nSPS) is 15.2. The first-order valence-corrected chi connectivity index (χ1v) is 5.44. The summed E-state index contributed by atoms with van der Waals surface area (Å²) in [7, 11) is 0. The third-order valence-electron chi connectivity index (χ3n) is 2.88. The maximum atomic E-state index is 11.8. The number of ketones is 2. The summed E-state index contributed by atoms with van der Waals surface area (Å²) in [5.41, 5.74) is 0.941. The van der Waals surface area contributed by atoms with Gasteiger partial charge < -0.3 is 9.67 Å². The van der Waals surface area contributed by atoms with Crippen LogP contribution in [0.3, 0.4) is 0 Å². The van der Waals surface area contributed by atoms with Gasteiger partial charge in [-0.3, -0.25) is 9.59 Å². The number of allylic oxidation sites excluding steroid dienone is 4. The van der Waals surface area contributed by atoms with Gasteiger partial charge in [-0.05, 0) is 24.3 Å². The van der Waals surface area contributed by atoms with E-state index in [4.69, 9.17) is 0 Å². The number of para-hydroxylation sites is 1. The molecule has 2 aromatic rings. The Morgan fingerprint density at radius 3 is 2.67 bits per heavy atom. The van der Waals surface area contributed by atoms with Gasteiger partial charge in [0, 0.05) is 11.5 Å². The molecule has 18 heavy (non-hydrogen) atoms. The number of carbonyl (C=O) groups excluding carboxylic acids is 2. The lowest BCUT2D eigenvalue weighted by Gasteiger charge is -2.09. The Labute approximate surface area is 102 Å². The molecule has 0 bridgehead atoms. The van der Waals surface area contributed by atoms with E-state index in [1.807, 2.05) is 6.07 Å². The molecule has 0 radical (unpaired) electrons. The first kappa shape index (κ1) is 10.5. The quantitative estimate of drug-likeness (QED) is 0.773. The highest BCUT2D eigenvalue weighted by Crippen LogP contribution is 2.29.